The van der Waals surface area contributed by atoms with E-state index in [1.54, 1.807) is 0 Å². The molecule has 0 aliphatic carbocycles. The van der Waals surface area contributed by atoms with E-state index in [1.165, 1.54) is 25.3 Å². The molecule has 114 valence electrons. The van der Waals surface area contributed by atoms with Gasteiger partial charge in [-0.25, -0.2) is 4.39 Å². The molecule has 1 rings (SSSR count). The zero-order valence-corrected chi connectivity index (χ0v) is 11.7. The summed E-state index contributed by atoms with van der Waals surface area (Å²) in [6, 6.07) is 2.72. The van der Waals surface area contributed by atoms with Gasteiger partial charge in [-0.1, -0.05) is 50.6 Å². The van der Waals surface area contributed by atoms with Crippen LogP contribution in [0.5, 0.6) is 5.75 Å². The number of ether oxygens (including phenoxy) is 1. The second-order valence-corrected chi connectivity index (χ2v) is 4.87. The molecule has 0 aliphatic heterocycles. The highest BCUT2D eigenvalue weighted by atomic mass is 19.4. The first-order chi connectivity index (χ1) is 9.45. The highest BCUT2D eigenvalue weighted by Gasteiger charge is 2.28. The molecule has 0 aliphatic rings. The molecule has 0 N–H and O–H groups in total. The molecule has 0 atom stereocenters. The van der Waals surface area contributed by atoms with Crippen molar-refractivity contribution < 1.29 is 22.1 Å². The Balaban J connectivity index is 2.33. The van der Waals surface area contributed by atoms with Crippen LogP contribution in [0, 0.1) is 5.82 Å². The van der Waals surface area contributed by atoms with Crippen LogP contribution in [0.25, 0.3) is 0 Å². The smallest absolute Gasteiger partial charge is 0.493 e. The van der Waals surface area contributed by atoms with Crippen LogP contribution in [-0.2, 0) is 0 Å². The fourth-order valence-corrected chi connectivity index (χ4v) is 1.94. The quantitative estimate of drug-likeness (QED) is 0.366. The number of hydrogen-bond acceptors (Lipinski definition) is 1. The van der Waals surface area contributed by atoms with E-state index in [-0.39, 0.29) is 5.75 Å². The monoisotopic (exact) mass is 291 g/mol. The lowest BCUT2D eigenvalue weighted by molar-refractivity contribution is 0.303. The summed E-state index contributed by atoms with van der Waals surface area (Å²) >= 11 is 0. The van der Waals surface area contributed by atoms with Crippen molar-refractivity contribution in [1.29, 1.82) is 0 Å². The Morgan fingerprint density at radius 1 is 1.00 bits per heavy atom. The summed E-state index contributed by atoms with van der Waals surface area (Å²) in [5, 5.41) is 0. The van der Waals surface area contributed by atoms with Crippen molar-refractivity contribution in [3.63, 3.8) is 0 Å². The van der Waals surface area contributed by atoms with E-state index in [4.69, 9.17) is 4.74 Å². The van der Waals surface area contributed by atoms with Gasteiger partial charge < -0.3 is 17.7 Å². The standard InChI is InChI=1S/C14H20BF4O/c1-2-3-4-5-6-7-10-20-12-8-9-13(14(16)11-12)15(17,18)19/h8-9,11H,2-7,10H2,1H3/q-1. The van der Waals surface area contributed by atoms with Crippen molar-refractivity contribution in [1.82, 2.24) is 0 Å². The molecular formula is C14H20BF4O-. The fraction of sp³-hybridized carbons (Fsp3) is 0.571. The lowest BCUT2D eigenvalue weighted by Gasteiger charge is -2.16. The van der Waals surface area contributed by atoms with Crippen molar-refractivity contribution in [3.8, 4) is 5.75 Å². The zero-order chi connectivity index (χ0) is 15.0. The van der Waals surface area contributed by atoms with Crippen LogP contribution in [0.2, 0.25) is 0 Å². The Hall–Kier alpha value is -1.20. The van der Waals surface area contributed by atoms with E-state index in [0.717, 1.165) is 31.4 Å². The number of halogens is 4. The Bertz CT molecular complexity index is 407. The third-order valence-corrected chi connectivity index (χ3v) is 3.09. The minimum absolute atomic E-state index is 0.153. The summed E-state index contributed by atoms with van der Waals surface area (Å²) in [7, 11) is 0. The largest absolute Gasteiger partial charge is 0.512 e. The number of benzene rings is 1. The summed E-state index contributed by atoms with van der Waals surface area (Å²) in [6.45, 7) is -2.76. The van der Waals surface area contributed by atoms with Crippen LogP contribution in [0.1, 0.15) is 45.4 Å². The normalized spacial score (nSPS) is 11.7. The minimum Gasteiger partial charge on any atom is -0.493 e. The molecule has 0 saturated heterocycles. The lowest BCUT2D eigenvalue weighted by Crippen LogP contribution is -2.36. The van der Waals surface area contributed by atoms with Gasteiger partial charge in [0, 0.05) is 6.07 Å². The lowest BCUT2D eigenvalue weighted by atomic mass is 9.80. The molecule has 0 bridgehead atoms. The fourth-order valence-electron chi connectivity index (χ4n) is 1.94. The van der Waals surface area contributed by atoms with Gasteiger partial charge in [0.2, 0.25) is 0 Å². The van der Waals surface area contributed by atoms with Crippen molar-refractivity contribution in [2.24, 2.45) is 0 Å². The van der Waals surface area contributed by atoms with Gasteiger partial charge in [0.25, 0.3) is 0 Å². The topological polar surface area (TPSA) is 9.23 Å². The van der Waals surface area contributed by atoms with E-state index in [9.17, 15) is 17.3 Å². The van der Waals surface area contributed by atoms with Crippen molar-refractivity contribution in [3.05, 3.63) is 24.0 Å². The highest BCUT2D eigenvalue weighted by Crippen LogP contribution is 2.17. The molecule has 0 aromatic heterocycles. The van der Waals surface area contributed by atoms with Gasteiger partial charge in [0.15, 0.2) is 0 Å². The summed E-state index contributed by atoms with van der Waals surface area (Å²) in [5.74, 6) is -1.11. The minimum atomic E-state index is -5.31. The first-order valence-corrected chi connectivity index (χ1v) is 7.07. The van der Waals surface area contributed by atoms with E-state index < -0.39 is 18.3 Å². The first-order valence-electron chi connectivity index (χ1n) is 7.07. The van der Waals surface area contributed by atoms with Crippen molar-refractivity contribution in [2.45, 2.75) is 45.4 Å². The molecule has 0 saturated carbocycles. The first kappa shape index (κ1) is 16.9. The Labute approximate surface area is 117 Å². The predicted octanol–water partition coefficient (Wildman–Crippen LogP) is 4.62. The van der Waals surface area contributed by atoms with E-state index in [2.05, 4.69) is 6.92 Å². The van der Waals surface area contributed by atoms with Crippen molar-refractivity contribution >= 4 is 12.4 Å². The van der Waals surface area contributed by atoms with E-state index in [1.807, 2.05) is 0 Å². The van der Waals surface area contributed by atoms with Crippen LogP contribution < -0.4 is 10.2 Å². The number of rotatable bonds is 9. The van der Waals surface area contributed by atoms with Gasteiger partial charge in [-0.3, -0.25) is 0 Å². The molecule has 20 heavy (non-hydrogen) atoms. The Morgan fingerprint density at radius 2 is 1.65 bits per heavy atom. The SMILES string of the molecule is CCCCCCCCOc1ccc([B-](F)(F)F)c(F)c1. The Kier molecular flexibility index (Phi) is 6.89. The second-order valence-electron chi connectivity index (χ2n) is 4.87. The van der Waals surface area contributed by atoms with Crippen LogP contribution in [0.3, 0.4) is 0 Å². The summed E-state index contributed by atoms with van der Waals surface area (Å²) in [5.41, 5.74) is -1.20. The third kappa shape index (κ3) is 5.84. The molecule has 6 heteroatoms. The Morgan fingerprint density at radius 3 is 2.25 bits per heavy atom. The van der Waals surface area contributed by atoms with Gasteiger partial charge in [-0.05, 0) is 12.5 Å². The molecule has 0 radical (unpaired) electrons. The molecule has 1 aromatic carbocycles. The molecule has 1 aromatic rings. The number of hydrogen-bond donors (Lipinski definition) is 0. The maximum atomic E-state index is 13.3. The predicted molar refractivity (Wildman–Crippen MR) is 74.0 cm³/mol. The summed E-state index contributed by atoms with van der Waals surface area (Å²) < 4.78 is 55.8. The van der Waals surface area contributed by atoms with Crippen LogP contribution >= 0.6 is 0 Å². The van der Waals surface area contributed by atoms with Gasteiger partial charge in [-0.2, -0.15) is 0 Å². The maximum absolute atomic E-state index is 13.3. The summed E-state index contributed by atoms with van der Waals surface area (Å²) in [4.78, 5) is 0. The average molecular weight is 291 g/mol. The molecule has 0 amide bonds. The molecule has 0 spiro atoms. The van der Waals surface area contributed by atoms with Gasteiger partial charge in [0.1, 0.15) is 5.75 Å². The number of unbranched alkanes of at least 4 members (excludes halogenated alkanes) is 5. The van der Waals surface area contributed by atoms with Crippen molar-refractivity contribution in [2.75, 3.05) is 6.61 Å². The zero-order valence-electron chi connectivity index (χ0n) is 11.7. The van der Waals surface area contributed by atoms with Gasteiger partial charge in [0.05, 0.1) is 12.4 Å². The van der Waals surface area contributed by atoms with Crippen LogP contribution in [-0.4, -0.2) is 13.6 Å². The van der Waals surface area contributed by atoms with Crippen LogP contribution in [0.15, 0.2) is 18.2 Å². The highest BCUT2D eigenvalue weighted by molar-refractivity contribution is 6.73. The summed E-state index contributed by atoms with van der Waals surface area (Å²) in [6.07, 6.45) is 6.56. The molecule has 0 unspecified atom stereocenters. The molecule has 0 fully saturated rings. The molecule has 0 heterocycles. The molecular weight excluding hydrogens is 271 g/mol. The third-order valence-electron chi connectivity index (χ3n) is 3.09. The van der Waals surface area contributed by atoms with E-state index >= 15 is 0 Å². The van der Waals surface area contributed by atoms with Gasteiger partial charge >= 0.3 is 6.98 Å². The van der Waals surface area contributed by atoms with E-state index in [0.29, 0.717) is 6.61 Å². The van der Waals surface area contributed by atoms with Crippen LogP contribution in [0.4, 0.5) is 17.3 Å². The van der Waals surface area contributed by atoms with Gasteiger partial charge in [-0.15, -0.1) is 0 Å². The molecule has 1 nitrogen and oxygen atoms in total. The second kappa shape index (κ2) is 8.17. The maximum Gasteiger partial charge on any atom is 0.512 e. The average Bonchev–Trinajstić information content (AvgIpc) is 2.36.